The lowest BCUT2D eigenvalue weighted by molar-refractivity contribution is -0.131. The number of carboxylic acids is 1. The molecule has 0 radical (unpaired) electrons. The number of allylic oxidation sites excluding steroid dienone is 5. The highest BCUT2D eigenvalue weighted by atomic mass is 16.4. The Morgan fingerprint density at radius 2 is 2.50 bits per heavy atom. The Morgan fingerprint density at radius 1 is 1.75 bits per heavy atom. The number of hydrogen-bond donors (Lipinski definition) is 1. The molecule has 0 unspecified atom stereocenters. The van der Waals surface area contributed by atoms with Crippen molar-refractivity contribution < 1.29 is 9.90 Å². The normalized spacial score (nSPS) is 22.8. The summed E-state index contributed by atoms with van der Waals surface area (Å²) in [7, 11) is 0. The van der Waals surface area contributed by atoms with Gasteiger partial charge in [0.1, 0.15) is 0 Å². The molecule has 0 saturated heterocycles. The van der Waals surface area contributed by atoms with E-state index in [9.17, 15) is 4.79 Å². The summed E-state index contributed by atoms with van der Waals surface area (Å²) >= 11 is 0. The van der Waals surface area contributed by atoms with Gasteiger partial charge in [0.05, 0.1) is 0 Å². The lowest BCUT2D eigenvalue weighted by Crippen LogP contribution is -1.93. The SMILES string of the molecule is C[C@H]1C=CC(/C=C/C(=O)O)=CC1. The molecule has 12 heavy (non-hydrogen) atoms. The predicted octanol–water partition coefficient (Wildman–Crippen LogP) is 2.15. The molecule has 0 aromatic carbocycles. The van der Waals surface area contributed by atoms with Crippen LogP contribution in [0, 0.1) is 5.92 Å². The molecule has 0 amide bonds. The van der Waals surface area contributed by atoms with Gasteiger partial charge >= 0.3 is 5.97 Å². The zero-order chi connectivity index (χ0) is 8.97. The van der Waals surface area contributed by atoms with E-state index in [-0.39, 0.29) is 0 Å². The first kappa shape index (κ1) is 8.78. The summed E-state index contributed by atoms with van der Waals surface area (Å²) < 4.78 is 0. The number of hydrogen-bond acceptors (Lipinski definition) is 1. The molecule has 1 atom stereocenters. The Morgan fingerprint density at radius 3 is 3.00 bits per heavy atom. The fourth-order valence-corrected chi connectivity index (χ4v) is 1.04. The zero-order valence-corrected chi connectivity index (χ0v) is 7.03. The molecule has 0 fully saturated rings. The fourth-order valence-electron chi connectivity index (χ4n) is 1.04. The van der Waals surface area contributed by atoms with Crippen molar-refractivity contribution in [3.05, 3.63) is 36.0 Å². The van der Waals surface area contributed by atoms with Crippen LogP contribution in [0.15, 0.2) is 36.0 Å². The Kier molecular flexibility index (Phi) is 2.86. The number of aliphatic carboxylic acids is 1. The molecule has 0 bridgehead atoms. The van der Waals surface area contributed by atoms with Gasteiger partial charge in [0.2, 0.25) is 0 Å². The number of carboxylic acid groups (broad SMARTS) is 1. The van der Waals surface area contributed by atoms with E-state index in [2.05, 4.69) is 13.0 Å². The highest BCUT2D eigenvalue weighted by molar-refractivity contribution is 5.80. The van der Waals surface area contributed by atoms with Gasteiger partial charge in [-0.15, -0.1) is 0 Å². The molecule has 64 valence electrons. The quantitative estimate of drug-likeness (QED) is 0.635. The van der Waals surface area contributed by atoms with Crippen LogP contribution in [0.3, 0.4) is 0 Å². The van der Waals surface area contributed by atoms with Crippen LogP contribution < -0.4 is 0 Å². The van der Waals surface area contributed by atoms with E-state index in [0.29, 0.717) is 5.92 Å². The third kappa shape index (κ3) is 2.74. The highest BCUT2D eigenvalue weighted by Gasteiger charge is 2.00. The molecular weight excluding hydrogens is 152 g/mol. The zero-order valence-electron chi connectivity index (χ0n) is 7.03. The lowest BCUT2D eigenvalue weighted by atomic mass is 9.98. The summed E-state index contributed by atoms with van der Waals surface area (Å²) in [5.41, 5.74) is 0.982. The summed E-state index contributed by atoms with van der Waals surface area (Å²) in [5, 5.41) is 8.36. The van der Waals surface area contributed by atoms with E-state index < -0.39 is 5.97 Å². The molecule has 1 N–H and O–H groups in total. The monoisotopic (exact) mass is 164 g/mol. The fraction of sp³-hybridized carbons (Fsp3) is 0.300. The van der Waals surface area contributed by atoms with Crippen LogP contribution in [0.2, 0.25) is 0 Å². The number of rotatable bonds is 2. The first-order valence-electron chi connectivity index (χ1n) is 3.98. The second-order valence-electron chi connectivity index (χ2n) is 2.95. The Bertz CT molecular complexity index is 259. The van der Waals surface area contributed by atoms with Crippen molar-refractivity contribution in [2.45, 2.75) is 13.3 Å². The predicted molar refractivity (Wildman–Crippen MR) is 47.8 cm³/mol. The topological polar surface area (TPSA) is 37.3 Å². The van der Waals surface area contributed by atoms with E-state index >= 15 is 0 Å². The van der Waals surface area contributed by atoms with E-state index in [4.69, 9.17) is 5.11 Å². The van der Waals surface area contributed by atoms with Crippen LogP contribution in [-0.2, 0) is 4.79 Å². The minimum absolute atomic E-state index is 0.576. The van der Waals surface area contributed by atoms with Gasteiger partial charge in [-0.3, -0.25) is 0 Å². The van der Waals surface area contributed by atoms with Crippen molar-refractivity contribution in [3.63, 3.8) is 0 Å². The molecule has 0 aromatic heterocycles. The third-order valence-electron chi connectivity index (χ3n) is 1.76. The van der Waals surface area contributed by atoms with Gasteiger partial charge in [0.15, 0.2) is 0 Å². The van der Waals surface area contributed by atoms with Crippen molar-refractivity contribution in [2.75, 3.05) is 0 Å². The molecule has 0 spiro atoms. The average Bonchev–Trinajstić information content (AvgIpc) is 2.03. The Labute approximate surface area is 71.9 Å². The van der Waals surface area contributed by atoms with E-state index in [1.54, 1.807) is 6.08 Å². The molecule has 0 aromatic rings. The van der Waals surface area contributed by atoms with Crippen molar-refractivity contribution >= 4 is 5.97 Å². The van der Waals surface area contributed by atoms with Gasteiger partial charge in [-0.25, -0.2) is 4.79 Å². The van der Waals surface area contributed by atoms with Crippen LogP contribution in [-0.4, -0.2) is 11.1 Å². The number of carbonyl (C=O) groups is 1. The van der Waals surface area contributed by atoms with E-state index in [0.717, 1.165) is 18.1 Å². The molecular formula is C10H12O2. The maximum Gasteiger partial charge on any atom is 0.328 e. The summed E-state index contributed by atoms with van der Waals surface area (Å²) in [4.78, 5) is 10.2. The van der Waals surface area contributed by atoms with Gasteiger partial charge in [-0.2, -0.15) is 0 Å². The molecule has 2 nitrogen and oxygen atoms in total. The van der Waals surface area contributed by atoms with Crippen molar-refractivity contribution in [1.29, 1.82) is 0 Å². The molecule has 0 heterocycles. The first-order chi connectivity index (χ1) is 5.68. The maximum absolute atomic E-state index is 10.2. The van der Waals surface area contributed by atoms with Crippen molar-refractivity contribution in [3.8, 4) is 0 Å². The van der Waals surface area contributed by atoms with Crippen LogP contribution in [0.5, 0.6) is 0 Å². The van der Waals surface area contributed by atoms with Crippen LogP contribution in [0.4, 0.5) is 0 Å². The summed E-state index contributed by atoms with van der Waals surface area (Å²) in [6, 6.07) is 0. The standard InChI is InChI=1S/C10H12O2/c1-8-2-4-9(5-3-8)6-7-10(11)12/h2,4-8H,3H2,1H3,(H,11,12)/b7-6+/t8-/m0/s1. The van der Waals surface area contributed by atoms with E-state index in [1.807, 2.05) is 12.2 Å². The second kappa shape index (κ2) is 3.90. The Hall–Kier alpha value is -1.31. The third-order valence-corrected chi connectivity index (χ3v) is 1.76. The van der Waals surface area contributed by atoms with Gasteiger partial charge < -0.3 is 5.11 Å². The molecule has 0 aliphatic heterocycles. The summed E-state index contributed by atoms with van der Waals surface area (Å²) in [6.45, 7) is 2.13. The van der Waals surface area contributed by atoms with Gasteiger partial charge in [-0.1, -0.05) is 25.2 Å². The molecule has 0 saturated carbocycles. The first-order valence-corrected chi connectivity index (χ1v) is 3.98. The largest absolute Gasteiger partial charge is 0.478 e. The molecule has 2 heteroatoms. The van der Waals surface area contributed by atoms with E-state index in [1.165, 1.54) is 0 Å². The lowest BCUT2D eigenvalue weighted by Gasteiger charge is -2.07. The van der Waals surface area contributed by atoms with Crippen LogP contribution in [0.25, 0.3) is 0 Å². The Balaban J connectivity index is 2.56. The van der Waals surface area contributed by atoms with Crippen molar-refractivity contribution in [1.82, 2.24) is 0 Å². The van der Waals surface area contributed by atoms with Gasteiger partial charge in [0.25, 0.3) is 0 Å². The maximum atomic E-state index is 10.2. The molecule has 1 aliphatic rings. The average molecular weight is 164 g/mol. The van der Waals surface area contributed by atoms with Crippen molar-refractivity contribution in [2.24, 2.45) is 5.92 Å². The molecule has 1 aliphatic carbocycles. The molecule has 1 rings (SSSR count). The van der Waals surface area contributed by atoms with Crippen LogP contribution in [0.1, 0.15) is 13.3 Å². The highest BCUT2D eigenvalue weighted by Crippen LogP contribution is 2.15. The van der Waals surface area contributed by atoms with Crippen LogP contribution >= 0.6 is 0 Å². The second-order valence-corrected chi connectivity index (χ2v) is 2.95. The minimum atomic E-state index is -0.900. The van der Waals surface area contributed by atoms with Gasteiger partial charge in [0, 0.05) is 6.08 Å². The summed E-state index contributed by atoms with van der Waals surface area (Å²) in [6.07, 6.45) is 9.85. The summed E-state index contributed by atoms with van der Waals surface area (Å²) in [5.74, 6) is -0.324. The smallest absolute Gasteiger partial charge is 0.328 e. The van der Waals surface area contributed by atoms with Gasteiger partial charge in [-0.05, 0) is 24.0 Å². The minimum Gasteiger partial charge on any atom is -0.478 e.